The molecular formula is C27H34N4O3. The maximum atomic E-state index is 13.9. The van der Waals surface area contributed by atoms with Gasteiger partial charge in [-0.2, -0.15) is 0 Å². The second-order valence-electron chi connectivity index (χ2n) is 9.96. The summed E-state index contributed by atoms with van der Waals surface area (Å²) in [6, 6.07) is 10.4. The summed E-state index contributed by atoms with van der Waals surface area (Å²) in [5.41, 5.74) is 2.63. The van der Waals surface area contributed by atoms with Gasteiger partial charge in [-0.3, -0.25) is 19.5 Å². The Hall–Kier alpha value is -2.77. The third kappa shape index (κ3) is 5.15. The molecule has 0 radical (unpaired) electrons. The third-order valence-electron chi connectivity index (χ3n) is 7.32. The van der Waals surface area contributed by atoms with Gasteiger partial charge in [0, 0.05) is 36.2 Å². The molecule has 0 spiro atoms. The van der Waals surface area contributed by atoms with E-state index in [-0.39, 0.29) is 17.9 Å². The van der Waals surface area contributed by atoms with Gasteiger partial charge in [0.2, 0.25) is 11.8 Å². The molecule has 2 aromatic rings. The molecule has 5 rings (SSSR count). The number of benzene rings is 1. The number of nitrogens with zero attached hydrogens (tertiary/aromatic N) is 2. The van der Waals surface area contributed by atoms with Crippen molar-refractivity contribution in [1.29, 1.82) is 0 Å². The molecule has 3 fully saturated rings. The maximum absolute atomic E-state index is 13.9. The predicted octanol–water partition coefficient (Wildman–Crippen LogP) is 3.21. The predicted molar refractivity (Wildman–Crippen MR) is 130 cm³/mol. The Morgan fingerprint density at radius 1 is 1.06 bits per heavy atom. The van der Waals surface area contributed by atoms with E-state index < -0.39 is 18.2 Å². The van der Waals surface area contributed by atoms with Gasteiger partial charge in [-0.25, -0.2) is 0 Å². The Morgan fingerprint density at radius 3 is 2.44 bits per heavy atom. The molecule has 1 aromatic heterocycles. The molecule has 3 aliphatic rings. The van der Waals surface area contributed by atoms with Crippen molar-refractivity contribution in [2.45, 2.75) is 81.5 Å². The smallest absolute Gasteiger partial charge is 0.248 e. The van der Waals surface area contributed by atoms with Crippen molar-refractivity contribution >= 4 is 17.5 Å². The van der Waals surface area contributed by atoms with Gasteiger partial charge in [0.05, 0.1) is 12.1 Å². The van der Waals surface area contributed by atoms with Crippen molar-refractivity contribution in [1.82, 2.24) is 15.6 Å². The Morgan fingerprint density at radius 2 is 1.82 bits per heavy atom. The number of carbonyl (C=O) groups is 2. The second-order valence-corrected chi connectivity index (χ2v) is 9.96. The molecule has 3 atom stereocenters. The van der Waals surface area contributed by atoms with E-state index in [2.05, 4.69) is 27.8 Å². The Labute approximate surface area is 201 Å². The van der Waals surface area contributed by atoms with Crippen LogP contribution < -0.4 is 15.5 Å². The van der Waals surface area contributed by atoms with Crippen LogP contribution in [0.15, 0.2) is 48.8 Å². The molecular weight excluding hydrogens is 428 g/mol. The first kappa shape index (κ1) is 23.0. The zero-order valence-corrected chi connectivity index (χ0v) is 19.5. The van der Waals surface area contributed by atoms with Gasteiger partial charge in [0.15, 0.2) is 0 Å². The van der Waals surface area contributed by atoms with Crippen molar-refractivity contribution < 1.29 is 14.7 Å². The monoisotopic (exact) mass is 462 g/mol. The molecule has 7 nitrogen and oxygen atoms in total. The highest BCUT2D eigenvalue weighted by molar-refractivity contribution is 6.04. The lowest BCUT2D eigenvalue weighted by atomic mass is 9.94. The highest BCUT2D eigenvalue weighted by Crippen LogP contribution is 2.41. The summed E-state index contributed by atoms with van der Waals surface area (Å²) in [6.45, 7) is 0.372. The van der Waals surface area contributed by atoms with Gasteiger partial charge in [0.1, 0.15) is 6.04 Å². The number of aliphatic hydroxyl groups excluding tert-OH is 1. The van der Waals surface area contributed by atoms with Crippen LogP contribution in [0.2, 0.25) is 0 Å². The number of hydrogen-bond donors (Lipinski definition) is 3. The summed E-state index contributed by atoms with van der Waals surface area (Å²) < 4.78 is 0. The largest absolute Gasteiger partial charge is 0.392 e. The number of rotatable bonds is 7. The Kier molecular flexibility index (Phi) is 6.92. The van der Waals surface area contributed by atoms with Gasteiger partial charge in [0.25, 0.3) is 0 Å². The minimum Gasteiger partial charge on any atom is -0.392 e. The molecule has 2 heterocycles. The number of aromatic nitrogens is 1. The summed E-state index contributed by atoms with van der Waals surface area (Å²) in [4.78, 5) is 33.5. The first-order chi connectivity index (χ1) is 16.6. The first-order valence-corrected chi connectivity index (χ1v) is 12.6. The lowest BCUT2D eigenvalue weighted by molar-refractivity contribution is -0.128. The fourth-order valence-electron chi connectivity index (χ4n) is 5.28. The van der Waals surface area contributed by atoms with Crippen LogP contribution in [0.3, 0.4) is 0 Å². The molecule has 180 valence electrons. The summed E-state index contributed by atoms with van der Waals surface area (Å²) in [6.07, 6.45) is 10.9. The van der Waals surface area contributed by atoms with E-state index in [0.717, 1.165) is 25.7 Å². The second kappa shape index (κ2) is 10.2. The summed E-state index contributed by atoms with van der Waals surface area (Å²) in [5.74, 6) is 0.218. The summed E-state index contributed by atoms with van der Waals surface area (Å²) in [5, 5.41) is 16.4. The summed E-state index contributed by atoms with van der Waals surface area (Å²) >= 11 is 0. The molecule has 7 heteroatoms. The highest BCUT2D eigenvalue weighted by Gasteiger charge is 2.39. The van der Waals surface area contributed by atoms with Gasteiger partial charge < -0.3 is 15.7 Å². The number of pyridine rings is 1. The average molecular weight is 463 g/mol. The number of nitrogens with one attached hydrogen (secondary N) is 2. The summed E-state index contributed by atoms with van der Waals surface area (Å²) in [7, 11) is 0. The Bertz CT molecular complexity index is 987. The fourth-order valence-corrected chi connectivity index (χ4v) is 5.28. The van der Waals surface area contributed by atoms with Crippen LogP contribution in [-0.2, 0) is 9.59 Å². The number of carbonyl (C=O) groups excluding carboxylic acids is 2. The number of aliphatic hydroxyl groups is 1. The van der Waals surface area contributed by atoms with Crippen LogP contribution in [0.1, 0.15) is 74.5 Å². The molecule has 0 bridgehead atoms. The zero-order chi connectivity index (χ0) is 23.5. The van der Waals surface area contributed by atoms with E-state index in [1.54, 1.807) is 23.4 Å². The molecule has 2 amide bonds. The molecule has 2 aliphatic carbocycles. The lowest BCUT2D eigenvalue weighted by Gasteiger charge is -2.34. The van der Waals surface area contributed by atoms with Gasteiger partial charge in [-0.05, 0) is 61.8 Å². The topological polar surface area (TPSA) is 94.6 Å². The first-order valence-electron chi connectivity index (χ1n) is 12.6. The number of anilines is 1. The Balaban J connectivity index is 1.51. The van der Waals surface area contributed by atoms with Crippen molar-refractivity contribution in [2.75, 3.05) is 11.4 Å². The molecule has 3 N–H and O–H groups in total. The van der Waals surface area contributed by atoms with Crippen LogP contribution in [0.4, 0.5) is 5.69 Å². The van der Waals surface area contributed by atoms with Crippen molar-refractivity contribution in [3.8, 4) is 0 Å². The minimum absolute atomic E-state index is 0.126. The molecule has 34 heavy (non-hydrogen) atoms. The van der Waals surface area contributed by atoms with E-state index in [0.29, 0.717) is 30.1 Å². The SMILES string of the molecule is O=C(NC1CCCCC1)C(c1cccnc1)N(C(=O)[C@H]1C[C@@H](O)CN1)c1ccc(C2CC2)cc1. The van der Waals surface area contributed by atoms with Crippen LogP contribution in [-0.4, -0.2) is 46.6 Å². The number of amides is 2. The third-order valence-corrected chi connectivity index (χ3v) is 7.32. The van der Waals surface area contributed by atoms with Crippen LogP contribution >= 0.6 is 0 Å². The van der Waals surface area contributed by atoms with E-state index >= 15 is 0 Å². The molecule has 1 saturated heterocycles. The van der Waals surface area contributed by atoms with Gasteiger partial charge >= 0.3 is 0 Å². The highest BCUT2D eigenvalue weighted by atomic mass is 16.3. The quantitative estimate of drug-likeness (QED) is 0.587. The molecule has 1 aromatic carbocycles. The molecule has 2 saturated carbocycles. The van der Waals surface area contributed by atoms with E-state index in [1.165, 1.54) is 24.8 Å². The van der Waals surface area contributed by atoms with Crippen molar-refractivity contribution in [2.24, 2.45) is 0 Å². The van der Waals surface area contributed by atoms with E-state index in [1.807, 2.05) is 18.2 Å². The van der Waals surface area contributed by atoms with Crippen LogP contribution in [0.5, 0.6) is 0 Å². The molecule has 1 aliphatic heterocycles. The normalized spacial score (nSPS) is 23.9. The van der Waals surface area contributed by atoms with Crippen LogP contribution in [0, 0.1) is 0 Å². The number of hydrogen-bond acceptors (Lipinski definition) is 5. The van der Waals surface area contributed by atoms with E-state index in [9.17, 15) is 14.7 Å². The van der Waals surface area contributed by atoms with E-state index in [4.69, 9.17) is 0 Å². The zero-order valence-electron chi connectivity index (χ0n) is 19.5. The maximum Gasteiger partial charge on any atom is 0.248 e. The van der Waals surface area contributed by atoms with Gasteiger partial charge in [-0.1, -0.05) is 37.5 Å². The minimum atomic E-state index is -0.838. The van der Waals surface area contributed by atoms with Crippen molar-refractivity contribution in [3.63, 3.8) is 0 Å². The van der Waals surface area contributed by atoms with Gasteiger partial charge in [-0.15, -0.1) is 0 Å². The number of β-amino-alcohol motifs (C(OH)–C–C–N with tert-alkyl or cyclic N) is 1. The fraction of sp³-hybridized carbons (Fsp3) is 0.519. The average Bonchev–Trinajstić information content (AvgIpc) is 3.63. The standard InChI is InChI=1S/C27H34N4O3/c32-23-15-24(29-17-23)27(34)31(22-12-10-19(11-13-22)18-8-9-18)25(20-5-4-14-28-16-20)26(33)30-21-6-2-1-3-7-21/h4-5,10-14,16,18,21,23-25,29,32H,1-3,6-9,15,17H2,(H,30,33)/t23-,24-,25?/m1/s1. The molecule has 1 unspecified atom stereocenters. The van der Waals surface area contributed by atoms with Crippen molar-refractivity contribution in [3.05, 3.63) is 59.9 Å². The van der Waals surface area contributed by atoms with Crippen LogP contribution in [0.25, 0.3) is 0 Å². The lowest BCUT2D eigenvalue weighted by Crippen LogP contribution is -2.51.